The molecule has 0 saturated heterocycles. The summed E-state index contributed by atoms with van der Waals surface area (Å²) in [5, 5.41) is 11.3. The summed E-state index contributed by atoms with van der Waals surface area (Å²) in [6.07, 6.45) is 0. The van der Waals surface area contributed by atoms with E-state index in [-0.39, 0.29) is 17.9 Å². The molecular formula is C11H14N2O4S. The molecule has 0 aliphatic heterocycles. The summed E-state index contributed by atoms with van der Waals surface area (Å²) >= 11 is 0. The second-order valence-electron chi connectivity index (χ2n) is 3.40. The predicted octanol–water partition coefficient (Wildman–Crippen LogP) is 0.278. The lowest BCUT2D eigenvalue weighted by Crippen LogP contribution is -2.29. The summed E-state index contributed by atoms with van der Waals surface area (Å²) in [6, 6.07) is 4.19. The normalized spacial score (nSPS) is 11.8. The Morgan fingerprint density at radius 3 is 2.67 bits per heavy atom. The lowest BCUT2D eigenvalue weighted by atomic mass is 10.3. The number of pyridine rings is 1. The predicted molar refractivity (Wildman–Crippen MR) is 67.1 cm³/mol. The van der Waals surface area contributed by atoms with Gasteiger partial charge >= 0.3 is 5.97 Å². The number of hydrogen-bond acceptors (Lipinski definition) is 4. The Morgan fingerprint density at radius 1 is 1.39 bits per heavy atom. The first-order valence-electron chi connectivity index (χ1n) is 5.38. The van der Waals surface area contributed by atoms with Gasteiger partial charge in [0.1, 0.15) is 11.4 Å². The molecule has 0 aliphatic carbocycles. The smallest absolute Gasteiger partial charge is 0.354 e. The van der Waals surface area contributed by atoms with Crippen LogP contribution in [0.2, 0.25) is 0 Å². The van der Waals surface area contributed by atoms with Crippen molar-refractivity contribution < 1.29 is 18.9 Å². The fourth-order valence-electron chi connectivity index (χ4n) is 1.19. The van der Waals surface area contributed by atoms with Gasteiger partial charge in [-0.25, -0.2) is 9.78 Å². The maximum Gasteiger partial charge on any atom is 0.354 e. The SMILES string of the molecule is CCS(=O)CCNC(=O)c1cccc(C(=O)O)n1. The van der Waals surface area contributed by atoms with Crippen molar-refractivity contribution in [2.24, 2.45) is 0 Å². The topological polar surface area (TPSA) is 96.4 Å². The molecule has 2 N–H and O–H groups in total. The zero-order valence-electron chi connectivity index (χ0n) is 9.88. The van der Waals surface area contributed by atoms with Crippen LogP contribution in [-0.4, -0.2) is 44.2 Å². The Labute approximate surface area is 107 Å². The third kappa shape index (κ3) is 4.25. The molecule has 0 aliphatic rings. The van der Waals surface area contributed by atoms with Crippen molar-refractivity contribution in [1.82, 2.24) is 10.3 Å². The van der Waals surface area contributed by atoms with Crippen molar-refractivity contribution in [1.29, 1.82) is 0 Å². The monoisotopic (exact) mass is 270 g/mol. The number of aromatic nitrogens is 1. The molecule has 7 heteroatoms. The number of aromatic carboxylic acids is 1. The van der Waals surface area contributed by atoms with E-state index in [2.05, 4.69) is 10.3 Å². The molecule has 98 valence electrons. The Morgan fingerprint density at radius 2 is 2.06 bits per heavy atom. The molecule has 18 heavy (non-hydrogen) atoms. The number of carboxylic acid groups (broad SMARTS) is 1. The summed E-state index contributed by atoms with van der Waals surface area (Å²) in [7, 11) is -0.941. The average molecular weight is 270 g/mol. The van der Waals surface area contributed by atoms with E-state index in [1.807, 2.05) is 0 Å². The first-order valence-corrected chi connectivity index (χ1v) is 6.87. The highest BCUT2D eigenvalue weighted by Gasteiger charge is 2.10. The van der Waals surface area contributed by atoms with Crippen LogP contribution in [-0.2, 0) is 10.8 Å². The van der Waals surface area contributed by atoms with E-state index in [1.165, 1.54) is 18.2 Å². The Bertz CT molecular complexity index is 476. The third-order valence-electron chi connectivity index (χ3n) is 2.14. The molecule has 1 aromatic rings. The molecule has 1 rings (SSSR count). The van der Waals surface area contributed by atoms with Crippen LogP contribution in [0.25, 0.3) is 0 Å². The molecule has 6 nitrogen and oxygen atoms in total. The molecule has 1 aromatic heterocycles. The minimum Gasteiger partial charge on any atom is -0.477 e. The Hall–Kier alpha value is -1.76. The first-order chi connectivity index (χ1) is 8.54. The molecule has 0 radical (unpaired) electrons. The first kappa shape index (κ1) is 14.3. The number of rotatable bonds is 6. The van der Waals surface area contributed by atoms with Crippen molar-refractivity contribution in [2.75, 3.05) is 18.1 Å². The molecule has 1 heterocycles. The number of hydrogen-bond donors (Lipinski definition) is 2. The number of amides is 1. The zero-order valence-corrected chi connectivity index (χ0v) is 10.7. The van der Waals surface area contributed by atoms with Gasteiger partial charge < -0.3 is 10.4 Å². The molecule has 1 atom stereocenters. The van der Waals surface area contributed by atoms with Crippen LogP contribution in [0.4, 0.5) is 0 Å². The fraction of sp³-hybridized carbons (Fsp3) is 0.364. The maximum atomic E-state index is 11.6. The average Bonchev–Trinajstić information content (AvgIpc) is 2.38. The van der Waals surface area contributed by atoms with Gasteiger partial charge in [0.05, 0.1) is 0 Å². The van der Waals surface area contributed by atoms with Gasteiger partial charge in [-0.2, -0.15) is 0 Å². The van der Waals surface area contributed by atoms with E-state index in [4.69, 9.17) is 5.11 Å². The molecule has 1 unspecified atom stereocenters. The van der Waals surface area contributed by atoms with Gasteiger partial charge in [-0.15, -0.1) is 0 Å². The van der Waals surface area contributed by atoms with E-state index in [0.717, 1.165) is 0 Å². The van der Waals surface area contributed by atoms with Crippen LogP contribution < -0.4 is 5.32 Å². The highest BCUT2D eigenvalue weighted by molar-refractivity contribution is 7.84. The van der Waals surface area contributed by atoms with Gasteiger partial charge in [0, 0.05) is 28.9 Å². The van der Waals surface area contributed by atoms with Crippen molar-refractivity contribution in [3.8, 4) is 0 Å². The molecule has 0 bridgehead atoms. The summed E-state index contributed by atoms with van der Waals surface area (Å²) in [4.78, 5) is 26.0. The minimum absolute atomic E-state index is 0.0391. The lowest BCUT2D eigenvalue weighted by Gasteiger charge is -2.04. The van der Waals surface area contributed by atoms with Crippen LogP contribution in [0, 0.1) is 0 Å². The van der Waals surface area contributed by atoms with Crippen LogP contribution in [0.5, 0.6) is 0 Å². The lowest BCUT2D eigenvalue weighted by molar-refractivity contribution is 0.0690. The van der Waals surface area contributed by atoms with Crippen LogP contribution in [0.15, 0.2) is 18.2 Å². The maximum absolute atomic E-state index is 11.6. The second-order valence-corrected chi connectivity index (χ2v) is 5.27. The van der Waals surface area contributed by atoms with Gasteiger partial charge in [0.25, 0.3) is 5.91 Å². The van der Waals surface area contributed by atoms with E-state index >= 15 is 0 Å². The summed E-state index contributed by atoms with van der Waals surface area (Å²) < 4.78 is 11.1. The van der Waals surface area contributed by atoms with E-state index in [1.54, 1.807) is 6.92 Å². The van der Waals surface area contributed by atoms with E-state index in [9.17, 15) is 13.8 Å². The third-order valence-corrected chi connectivity index (χ3v) is 3.44. The minimum atomic E-state index is -1.18. The van der Waals surface area contributed by atoms with E-state index in [0.29, 0.717) is 11.5 Å². The highest BCUT2D eigenvalue weighted by atomic mass is 32.2. The number of carbonyl (C=O) groups is 2. The van der Waals surface area contributed by atoms with Gasteiger partial charge in [0.2, 0.25) is 0 Å². The summed E-state index contributed by atoms with van der Waals surface area (Å²) in [5.74, 6) is -0.730. The number of carbonyl (C=O) groups excluding carboxylic acids is 1. The van der Waals surface area contributed by atoms with Gasteiger partial charge in [-0.05, 0) is 12.1 Å². The fourth-order valence-corrected chi connectivity index (χ4v) is 1.81. The molecule has 0 saturated carbocycles. The second kappa shape index (κ2) is 6.85. The molecule has 0 aromatic carbocycles. The van der Waals surface area contributed by atoms with Gasteiger partial charge in [-0.3, -0.25) is 9.00 Å². The molecule has 0 fully saturated rings. The highest BCUT2D eigenvalue weighted by Crippen LogP contribution is 1.99. The zero-order chi connectivity index (χ0) is 13.5. The van der Waals surface area contributed by atoms with Crippen LogP contribution in [0.1, 0.15) is 27.9 Å². The van der Waals surface area contributed by atoms with Crippen molar-refractivity contribution in [2.45, 2.75) is 6.92 Å². The summed E-state index contributed by atoms with van der Waals surface area (Å²) in [6.45, 7) is 2.08. The number of carboxylic acids is 1. The Kier molecular flexibility index (Phi) is 5.44. The van der Waals surface area contributed by atoms with Crippen LogP contribution in [0.3, 0.4) is 0 Å². The standard InChI is InChI=1S/C11H14N2O4S/c1-2-18(17)7-6-12-10(14)8-4-3-5-9(13-8)11(15)16/h3-5H,2,6-7H2,1H3,(H,12,14)(H,15,16). The van der Waals surface area contributed by atoms with Crippen molar-refractivity contribution in [3.63, 3.8) is 0 Å². The van der Waals surface area contributed by atoms with Crippen LogP contribution >= 0.6 is 0 Å². The number of nitrogens with zero attached hydrogens (tertiary/aromatic N) is 1. The number of nitrogens with one attached hydrogen (secondary N) is 1. The van der Waals surface area contributed by atoms with E-state index < -0.39 is 22.7 Å². The molecule has 0 spiro atoms. The van der Waals surface area contributed by atoms with Crippen molar-refractivity contribution in [3.05, 3.63) is 29.6 Å². The van der Waals surface area contributed by atoms with Gasteiger partial charge in [0.15, 0.2) is 0 Å². The van der Waals surface area contributed by atoms with Gasteiger partial charge in [-0.1, -0.05) is 13.0 Å². The largest absolute Gasteiger partial charge is 0.477 e. The molecular weight excluding hydrogens is 256 g/mol. The Balaban J connectivity index is 2.59. The summed E-state index contributed by atoms with van der Waals surface area (Å²) in [5.41, 5.74) is -0.142. The molecule has 1 amide bonds. The van der Waals surface area contributed by atoms with Crippen molar-refractivity contribution >= 4 is 22.7 Å². The quantitative estimate of drug-likeness (QED) is 0.774.